The van der Waals surface area contributed by atoms with Crippen LogP contribution in [-0.2, 0) is 0 Å². The molecule has 0 saturated heterocycles. The predicted molar refractivity (Wildman–Crippen MR) is 58.4 cm³/mol. The van der Waals surface area contributed by atoms with Gasteiger partial charge >= 0.3 is 95.9 Å². The van der Waals surface area contributed by atoms with Crippen LogP contribution >= 0.6 is 6.22 Å². The van der Waals surface area contributed by atoms with Gasteiger partial charge < -0.3 is 0 Å². The molecule has 1 aliphatic heterocycles. The van der Waals surface area contributed by atoms with Gasteiger partial charge in [-0.2, -0.15) is 0 Å². The van der Waals surface area contributed by atoms with Crippen molar-refractivity contribution in [2.75, 3.05) is 7.11 Å². The Bertz CT molecular complexity index is 367. The molecule has 14 heavy (non-hydrogen) atoms. The van der Waals surface area contributed by atoms with Crippen LogP contribution in [0.2, 0.25) is 0 Å². The van der Waals surface area contributed by atoms with Gasteiger partial charge in [-0.05, 0) is 0 Å². The Labute approximate surface area is 95.6 Å². The van der Waals surface area contributed by atoms with Crippen LogP contribution in [0.15, 0.2) is 42.2 Å². The summed E-state index contributed by atoms with van der Waals surface area (Å²) in [6.45, 7) is 0. The van der Waals surface area contributed by atoms with Crippen LogP contribution in [0.25, 0.3) is 3.58 Å². The molecule has 0 saturated carbocycles. The summed E-state index contributed by atoms with van der Waals surface area (Å²) < 4.78 is 6.67. The second-order valence-electron chi connectivity index (χ2n) is 2.81. The van der Waals surface area contributed by atoms with E-state index in [1.54, 1.807) is 7.11 Å². The van der Waals surface area contributed by atoms with E-state index in [2.05, 4.69) is 30.1 Å². The molecule has 74 valence electrons. The van der Waals surface area contributed by atoms with E-state index in [1.165, 1.54) is 9.14 Å². The minimum absolute atomic E-state index is 0.217. The molecule has 1 heterocycles. The predicted octanol–water partition coefficient (Wildman–Crippen LogP) is 0.246. The molecule has 1 aromatic rings. The molecule has 3 heteroatoms. The zero-order valence-corrected chi connectivity index (χ0v) is 11.0. The Balaban J connectivity index is 2.24. The topological polar surface area (TPSA) is 9.23 Å². The first kappa shape index (κ1) is 10.2. The Hall–Kier alpha value is -0.340. The number of hydrogen-bond acceptors (Lipinski definition) is 1. The fraction of sp³-hybridized carbons (Fsp3) is 0.0909. The van der Waals surface area contributed by atoms with Crippen molar-refractivity contribution < 1.29 is 25.4 Å². The SMILES string of the molecule is COc1ccc(C2=CC=CP[I-]2)cc1. The average Bonchev–Trinajstić information content (AvgIpc) is 2.30. The Morgan fingerprint density at radius 3 is 2.57 bits per heavy atom. The summed E-state index contributed by atoms with van der Waals surface area (Å²) in [7, 11) is 1.70. The molecule has 2 rings (SSSR count). The van der Waals surface area contributed by atoms with Gasteiger partial charge in [0.05, 0.1) is 0 Å². The first-order chi connectivity index (χ1) is 6.90. The van der Waals surface area contributed by atoms with Crippen molar-refractivity contribution >= 4 is 9.80 Å². The molecular weight excluding hydrogens is 306 g/mol. The molecule has 1 aliphatic rings. The number of hydrogen-bond donors (Lipinski definition) is 0. The number of benzene rings is 1. The summed E-state index contributed by atoms with van der Waals surface area (Å²) in [6, 6.07) is 8.35. The second kappa shape index (κ2) is 4.94. The van der Waals surface area contributed by atoms with E-state index in [4.69, 9.17) is 4.74 Å². The monoisotopic (exact) mass is 317 g/mol. The standard InChI is InChI=1S/C11H11IOP/c1-13-10-6-4-9(5-7-10)11-3-2-8-14-12-11/h2-8,14H,1H3/q-1. The summed E-state index contributed by atoms with van der Waals surface area (Å²) in [6.07, 6.45) is 5.44. The number of allylic oxidation sites excluding steroid dienone is 2. The average molecular weight is 317 g/mol. The summed E-state index contributed by atoms with van der Waals surface area (Å²) in [5, 5.41) is 0. The Morgan fingerprint density at radius 1 is 1.21 bits per heavy atom. The van der Waals surface area contributed by atoms with E-state index < -0.39 is 0 Å². The summed E-state index contributed by atoms with van der Waals surface area (Å²) in [4.78, 5) is 0. The fourth-order valence-electron chi connectivity index (χ4n) is 1.19. The van der Waals surface area contributed by atoms with Gasteiger partial charge in [0.25, 0.3) is 0 Å². The quantitative estimate of drug-likeness (QED) is 0.561. The van der Waals surface area contributed by atoms with Gasteiger partial charge in [0, 0.05) is 0 Å². The summed E-state index contributed by atoms with van der Waals surface area (Å²) >= 11 is 0.217. The van der Waals surface area contributed by atoms with Crippen molar-refractivity contribution in [3.63, 3.8) is 0 Å². The number of rotatable bonds is 2. The van der Waals surface area contributed by atoms with Crippen molar-refractivity contribution in [3.05, 3.63) is 47.8 Å². The van der Waals surface area contributed by atoms with E-state index in [0.29, 0.717) is 0 Å². The molecule has 0 aromatic heterocycles. The van der Waals surface area contributed by atoms with Crippen molar-refractivity contribution in [3.8, 4) is 5.75 Å². The molecule has 0 spiro atoms. The minimum atomic E-state index is 0.217. The van der Waals surface area contributed by atoms with Crippen molar-refractivity contribution in [1.29, 1.82) is 0 Å². The van der Waals surface area contributed by atoms with E-state index in [9.17, 15) is 0 Å². The molecular formula is C11H11IOP-. The zero-order chi connectivity index (χ0) is 9.80. The van der Waals surface area contributed by atoms with Gasteiger partial charge in [-0.15, -0.1) is 0 Å². The normalized spacial score (nSPS) is 17.4. The summed E-state index contributed by atoms with van der Waals surface area (Å²) in [5.41, 5.74) is 1.36. The third-order valence-electron chi connectivity index (χ3n) is 1.92. The van der Waals surface area contributed by atoms with Crippen molar-refractivity contribution in [2.24, 2.45) is 0 Å². The van der Waals surface area contributed by atoms with Crippen molar-refractivity contribution in [1.82, 2.24) is 0 Å². The molecule has 0 fully saturated rings. The van der Waals surface area contributed by atoms with E-state index in [0.717, 1.165) is 12.0 Å². The molecule has 0 aliphatic carbocycles. The zero-order valence-electron chi connectivity index (χ0n) is 7.83. The molecule has 0 bridgehead atoms. The van der Waals surface area contributed by atoms with Gasteiger partial charge in [0.2, 0.25) is 0 Å². The van der Waals surface area contributed by atoms with E-state index in [-0.39, 0.29) is 20.7 Å². The molecule has 0 N–H and O–H groups in total. The molecule has 1 unspecified atom stereocenters. The van der Waals surface area contributed by atoms with Crippen LogP contribution in [-0.4, -0.2) is 7.11 Å². The Kier molecular flexibility index (Phi) is 3.60. The van der Waals surface area contributed by atoms with E-state index in [1.807, 2.05) is 12.1 Å². The molecule has 1 aromatic carbocycles. The second-order valence-corrected chi connectivity index (χ2v) is 8.20. The van der Waals surface area contributed by atoms with Gasteiger partial charge in [-0.3, -0.25) is 0 Å². The van der Waals surface area contributed by atoms with Crippen LogP contribution in [0.1, 0.15) is 5.56 Å². The van der Waals surface area contributed by atoms with Crippen LogP contribution in [0.5, 0.6) is 5.75 Å². The van der Waals surface area contributed by atoms with Gasteiger partial charge in [-0.25, -0.2) is 0 Å². The maximum absolute atomic E-state index is 5.13. The van der Waals surface area contributed by atoms with Crippen LogP contribution in [0.4, 0.5) is 0 Å². The van der Waals surface area contributed by atoms with E-state index >= 15 is 0 Å². The van der Waals surface area contributed by atoms with Crippen LogP contribution in [0, 0.1) is 0 Å². The van der Waals surface area contributed by atoms with Crippen LogP contribution < -0.4 is 25.4 Å². The molecule has 1 atom stereocenters. The van der Waals surface area contributed by atoms with Crippen molar-refractivity contribution in [2.45, 2.75) is 0 Å². The number of ether oxygens (including phenoxy) is 1. The van der Waals surface area contributed by atoms with Gasteiger partial charge in [0.1, 0.15) is 0 Å². The fourth-order valence-corrected chi connectivity index (χ4v) is 5.92. The third-order valence-corrected chi connectivity index (χ3v) is 7.29. The first-order valence-electron chi connectivity index (χ1n) is 4.31. The molecule has 0 radical (unpaired) electrons. The Morgan fingerprint density at radius 2 is 2.00 bits per heavy atom. The summed E-state index contributed by atoms with van der Waals surface area (Å²) in [5.74, 6) is 3.21. The maximum atomic E-state index is 5.13. The van der Waals surface area contributed by atoms with Crippen LogP contribution in [0.3, 0.4) is 0 Å². The van der Waals surface area contributed by atoms with Gasteiger partial charge in [0.15, 0.2) is 0 Å². The third kappa shape index (κ3) is 2.37. The number of methoxy groups -OCH3 is 1. The first-order valence-corrected chi connectivity index (χ1v) is 9.58. The van der Waals surface area contributed by atoms with Gasteiger partial charge in [-0.1, -0.05) is 0 Å². The number of halogens is 1. The molecule has 0 amide bonds. The molecule has 1 nitrogen and oxygen atoms in total.